The number of carbonyl (C=O) groups excluding carboxylic acids is 1. The first-order valence-electron chi connectivity index (χ1n) is 9.03. The van der Waals surface area contributed by atoms with Gasteiger partial charge in [0.1, 0.15) is 22.3 Å². The van der Waals surface area contributed by atoms with Crippen LogP contribution in [-0.2, 0) is 10.5 Å². The number of amides is 1. The number of hydrogen-bond acceptors (Lipinski definition) is 5. The van der Waals surface area contributed by atoms with E-state index in [-0.39, 0.29) is 17.0 Å². The molecule has 5 nitrogen and oxygen atoms in total. The minimum atomic E-state index is -0.674. The molecule has 154 valence electrons. The Kier molecular flexibility index (Phi) is 6.38. The fourth-order valence-electron chi connectivity index (χ4n) is 2.90. The van der Waals surface area contributed by atoms with Gasteiger partial charge in [0.2, 0.25) is 5.91 Å². The van der Waals surface area contributed by atoms with Crippen molar-refractivity contribution in [3.63, 3.8) is 0 Å². The quantitative estimate of drug-likeness (QED) is 0.600. The summed E-state index contributed by atoms with van der Waals surface area (Å²) in [5.41, 5.74) is 0.847. The molecule has 0 aliphatic carbocycles. The summed E-state index contributed by atoms with van der Waals surface area (Å²) in [4.78, 5) is 33.8. The third kappa shape index (κ3) is 4.67. The Morgan fingerprint density at radius 2 is 2.03 bits per heavy atom. The van der Waals surface area contributed by atoms with Crippen molar-refractivity contribution >= 4 is 39.2 Å². The maximum Gasteiger partial charge on any atom is 0.259 e. The predicted molar refractivity (Wildman–Crippen MR) is 113 cm³/mol. The first kappa shape index (κ1) is 21.4. The minimum Gasteiger partial charge on any atom is -0.349 e. The van der Waals surface area contributed by atoms with Crippen molar-refractivity contribution in [3.8, 4) is 0 Å². The van der Waals surface area contributed by atoms with Gasteiger partial charge < -0.3 is 10.3 Å². The Morgan fingerprint density at radius 3 is 2.76 bits per heavy atom. The van der Waals surface area contributed by atoms with Crippen LogP contribution in [0, 0.1) is 25.5 Å². The smallest absolute Gasteiger partial charge is 0.259 e. The molecule has 1 amide bonds. The lowest BCUT2D eigenvalue weighted by Gasteiger charge is -2.18. The number of H-pyrrole nitrogens is 1. The molecule has 0 fully saturated rings. The molecule has 0 aliphatic heterocycles. The molecule has 3 rings (SSSR count). The van der Waals surface area contributed by atoms with Crippen molar-refractivity contribution in [2.45, 2.75) is 44.7 Å². The summed E-state index contributed by atoms with van der Waals surface area (Å²) in [6.45, 7) is 7.16. The fraction of sp³-hybridized carbons (Fsp3) is 0.350. The van der Waals surface area contributed by atoms with E-state index in [0.29, 0.717) is 21.8 Å². The van der Waals surface area contributed by atoms with Crippen LogP contribution in [0.25, 0.3) is 10.2 Å². The van der Waals surface area contributed by atoms with Gasteiger partial charge in [0.05, 0.1) is 22.4 Å². The van der Waals surface area contributed by atoms with Crippen molar-refractivity contribution in [3.05, 3.63) is 62.0 Å². The third-order valence-electron chi connectivity index (χ3n) is 4.71. The first-order chi connectivity index (χ1) is 13.7. The summed E-state index contributed by atoms with van der Waals surface area (Å²) in [6, 6.07) is 2.48. The van der Waals surface area contributed by atoms with E-state index < -0.39 is 22.9 Å². The Bertz CT molecular complexity index is 1130. The first-order valence-corrected chi connectivity index (χ1v) is 10.9. The van der Waals surface area contributed by atoms with Gasteiger partial charge in [-0.05, 0) is 51.5 Å². The second kappa shape index (κ2) is 8.62. The maximum absolute atomic E-state index is 13.9. The van der Waals surface area contributed by atoms with Crippen molar-refractivity contribution in [2.75, 3.05) is 0 Å². The van der Waals surface area contributed by atoms with E-state index in [4.69, 9.17) is 0 Å². The van der Waals surface area contributed by atoms with Gasteiger partial charge in [-0.25, -0.2) is 13.8 Å². The fourth-order valence-corrected chi connectivity index (χ4v) is 4.72. The van der Waals surface area contributed by atoms with Crippen molar-refractivity contribution in [1.82, 2.24) is 15.3 Å². The molecule has 2 unspecified atom stereocenters. The molecule has 0 saturated heterocycles. The van der Waals surface area contributed by atoms with Crippen molar-refractivity contribution < 1.29 is 13.6 Å². The second-order valence-electron chi connectivity index (χ2n) is 6.83. The number of fused-ring (bicyclic) bond motifs is 1. The van der Waals surface area contributed by atoms with Crippen molar-refractivity contribution in [1.29, 1.82) is 0 Å². The lowest BCUT2D eigenvalue weighted by Crippen LogP contribution is -2.33. The molecular formula is C20H21F2N3O2S2. The molecule has 2 atom stereocenters. The lowest BCUT2D eigenvalue weighted by atomic mass is 10.1. The minimum absolute atomic E-state index is 0.0930. The summed E-state index contributed by atoms with van der Waals surface area (Å²) >= 11 is 2.77. The zero-order valence-electron chi connectivity index (χ0n) is 16.4. The highest BCUT2D eigenvalue weighted by molar-refractivity contribution is 7.99. The number of benzene rings is 1. The van der Waals surface area contributed by atoms with Gasteiger partial charge in [-0.2, -0.15) is 0 Å². The maximum atomic E-state index is 13.9. The molecule has 0 bridgehead atoms. The molecule has 1 aromatic carbocycles. The van der Waals surface area contributed by atoms with E-state index in [9.17, 15) is 18.4 Å². The number of thioether (sulfide) groups is 1. The molecule has 0 radical (unpaired) electrons. The van der Waals surface area contributed by atoms with Crippen LogP contribution in [0.15, 0.2) is 23.0 Å². The van der Waals surface area contributed by atoms with Crippen LogP contribution in [0.5, 0.6) is 0 Å². The van der Waals surface area contributed by atoms with Crippen LogP contribution in [0.1, 0.15) is 41.7 Å². The molecule has 2 aromatic heterocycles. The summed E-state index contributed by atoms with van der Waals surface area (Å²) in [5, 5.41) is 2.83. The van der Waals surface area contributed by atoms with E-state index in [1.165, 1.54) is 23.1 Å². The molecule has 0 spiro atoms. The summed E-state index contributed by atoms with van der Waals surface area (Å²) in [7, 11) is 0. The predicted octanol–water partition coefficient (Wildman–Crippen LogP) is 4.38. The number of nitrogens with zero attached hydrogens (tertiary/aromatic N) is 1. The van der Waals surface area contributed by atoms with Crippen LogP contribution < -0.4 is 10.9 Å². The topological polar surface area (TPSA) is 74.8 Å². The molecule has 9 heteroatoms. The van der Waals surface area contributed by atoms with Gasteiger partial charge in [-0.15, -0.1) is 23.1 Å². The standard InChI is InChI=1S/C20H21F2N3O2S2/c1-9-11(3)29-20-17(9)19(27)24-16(25-20)8-28-12(4)18(26)23-10(2)14-7-13(21)5-6-15(14)22/h5-7,10,12H,8H2,1-4H3,(H,23,26)(H,24,25,27). The zero-order valence-corrected chi connectivity index (χ0v) is 18.1. The number of hydrogen-bond donors (Lipinski definition) is 2. The van der Waals surface area contributed by atoms with E-state index in [0.717, 1.165) is 28.6 Å². The molecule has 0 aliphatic rings. The Hall–Kier alpha value is -2.26. The number of aromatic amines is 1. The number of nitrogens with one attached hydrogen (secondary N) is 2. The van der Waals surface area contributed by atoms with Crippen molar-refractivity contribution in [2.24, 2.45) is 0 Å². The average Bonchev–Trinajstić information content (AvgIpc) is 2.95. The summed E-state index contributed by atoms with van der Waals surface area (Å²) < 4.78 is 27.2. The molecule has 29 heavy (non-hydrogen) atoms. The van der Waals surface area contributed by atoms with Crippen LogP contribution in [-0.4, -0.2) is 21.1 Å². The Balaban J connectivity index is 1.65. The molecule has 3 aromatic rings. The third-order valence-corrected chi connectivity index (χ3v) is 6.97. The number of aryl methyl sites for hydroxylation is 2. The van der Waals surface area contributed by atoms with Crippen LogP contribution in [0.2, 0.25) is 0 Å². The van der Waals surface area contributed by atoms with Gasteiger partial charge in [-0.3, -0.25) is 9.59 Å². The Labute approximate surface area is 174 Å². The highest BCUT2D eigenvalue weighted by Crippen LogP contribution is 2.27. The molecule has 2 heterocycles. The second-order valence-corrected chi connectivity index (χ2v) is 9.36. The number of thiophene rings is 1. The molecule has 0 saturated carbocycles. The summed E-state index contributed by atoms with van der Waals surface area (Å²) in [5.74, 6) is -0.598. The lowest BCUT2D eigenvalue weighted by molar-refractivity contribution is -0.120. The Morgan fingerprint density at radius 1 is 1.31 bits per heavy atom. The highest BCUT2D eigenvalue weighted by Gasteiger charge is 2.20. The number of aromatic nitrogens is 2. The van der Waals surface area contributed by atoms with Crippen LogP contribution in [0.3, 0.4) is 0 Å². The van der Waals surface area contributed by atoms with Gasteiger partial charge in [0, 0.05) is 10.4 Å². The number of carbonyl (C=O) groups is 1. The zero-order chi connectivity index (χ0) is 21.3. The summed E-state index contributed by atoms with van der Waals surface area (Å²) in [6.07, 6.45) is 0. The van der Waals surface area contributed by atoms with Gasteiger partial charge in [0.15, 0.2) is 0 Å². The SMILES string of the molecule is Cc1sc2nc(CSC(C)C(=O)NC(C)c3cc(F)ccc3F)[nH]c(=O)c2c1C. The molecular weight excluding hydrogens is 416 g/mol. The van der Waals surface area contributed by atoms with Gasteiger partial charge in [0.25, 0.3) is 5.56 Å². The largest absolute Gasteiger partial charge is 0.349 e. The van der Waals surface area contributed by atoms with Gasteiger partial charge in [-0.1, -0.05) is 0 Å². The van der Waals surface area contributed by atoms with E-state index >= 15 is 0 Å². The van der Waals surface area contributed by atoms with E-state index in [2.05, 4.69) is 15.3 Å². The average molecular weight is 438 g/mol. The normalized spacial score (nSPS) is 13.4. The van der Waals surface area contributed by atoms with Gasteiger partial charge >= 0.3 is 0 Å². The monoisotopic (exact) mass is 437 g/mol. The van der Waals surface area contributed by atoms with Crippen LogP contribution in [0.4, 0.5) is 8.78 Å². The highest BCUT2D eigenvalue weighted by atomic mass is 32.2. The molecule has 2 N–H and O–H groups in total. The number of rotatable bonds is 6. The van der Waals surface area contributed by atoms with Crippen LogP contribution >= 0.6 is 23.1 Å². The van der Waals surface area contributed by atoms with E-state index in [1.807, 2.05) is 13.8 Å². The number of halogens is 2. The van der Waals surface area contributed by atoms with E-state index in [1.54, 1.807) is 13.8 Å².